The van der Waals surface area contributed by atoms with Crippen LogP contribution < -0.4 is 4.74 Å². The minimum absolute atomic E-state index is 0.117. The number of ketones is 1. The van der Waals surface area contributed by atoms with E-state index in [1.165, 1.54) is 5.56 Å². The van der Waals surface area contributed by atoms with Crippen LogP contribution in [0, 0.1) is 13.8 Å². The molecule has 0 bridgehead atoms. The first-order valence-corrected chi connectivity index (χ1v) is 13.2. The van der Waals surface area contributed by atoms with Crippen LogP contribution in [0.25, 0.3) is 5.76 Å². The molecule has 1 N–H and O–H groups in total. The molecule has 1 aliphatic rings. The molecule has 1 unspecified atom stereocenters. The summed E-state index contributed by atoms with van der Waals surface area (Å²) in [5, 5.41) is 11.3. The molecule has 3 aromatic carbocycles. The molecule has 0 aliphatic carbocycles. The van der Waals surface area contributed by atoms with E-state index in [-0.39, 0.29) is 11.3 Å². The number of likely N-dealkylation sites (N-methyl/N-ethyl adjacent to an activating group) is 1. The highest BCUT2D eigenvalue weighted by Crippen LogP contribution is 2.39. The number of nitrogens with zero attached hydrogens (tertiary/aromatic N) is 2. The van der Waals surface area contributed by atoms with Crippen molar-refractivity contribution in [1.29, 1.82) is 0 Å². The number of hydrogen-bond acceptors (Lipinski definition) is 5. The fourth-order valence-corrected chi connectivity index (χ4v) is 4.83. The van der Waals surface area contributed by atoms with Crippen molar-refractivity contribution in [2.45, 2.75) is 40.3 Å². The van der Waals surface area contributed by atoms with E-state index < -0.39 is 17.7 Å². The number of aliphatic hydroxyl groups is 1. The van der Waals surface area contributed by atoms with E-state index in [1.54, 1.807) is 29.2 Å². The summed E-state index contributed by atoms with van der Waals surface area (Å²) in [4.78, 5) is 30.3. The van der Waals surface area contributed by atoms with Gasteiger partial charge in [-0.25, -0.2) is 0 Å². The number of carbonyl (C=O) groups excluding carboxylic acids is 2. The Morgan fingerprint density at radius 2 is 1.61 bits per heavy atom. The normalized spacial score (nSPS) is 16.9. The molecule has 3 aromatic rings. The quantitative estimate of drug-likeness (QED) is 0.216. The Bertz CT molecular complexity index is 1310. The summed E-state index contributed by atoms with van der Waals surface area (Å²) in [5.74, 6) is -0.767. The molecular formula is C32H36N2O4. The van der Waals surface area contributed by atoms with Crippen LogP contribution in [0.2, 0.25) is 0 Å². The molecule has 6 nitrogen and oxygen atoms in total. The third kappa shape index (κ3) is 5.97. The molecule has 0 saturated carbocycles. The number of benzene rings is 3. The van der Waals surface area contributed by atoms with Crippen LogP contribution in [-0.2, 0) is 16.2 Å². The summed E-state index contributed by atoms with van der Waals surface area (Å²) in [6.07, 6.45) is 0. The zero-order valence-corrected chi connectivity index (χ0v) is 22.6. The van der Waals surface area contributed by atoms with Gasteiger partial charge in [-0.2, -0.15) is 0 Å². The van der Waals surface area contributed by atoms with Gasteiger partial charge in [0.15, 0.2) is 0 Å². The lowest BCUT2D eigenvalue weighted by atomic mass is 9.94. The predicted molar refractivity (Wildman–Crippen MR) is 150 cm³/mol. The first-order chi connectivity index (χ1) is 18.3. The van der Waals surface area contributed by atoms with Gasteiger partial charge in [-0.15, -0.1) is 0 Å². The Balaban J connectivity index is 1.63. The van der Waals surface area contributed by atoms with Gasteiger partial charge in [0.1, 0.15) is 18.1 Å². The minimum Gasteiger partial charge on any atom is -0.507 e. The second kappa shape index (κ2) is 12.1. The average Bonchev–Trinajstić information content (AvgIpc) is 3.18. The molecule has 38 heavy (non-hydrogen) atoms. The van der Waals surface area contributed by atoms with E-state index in [2.05, 4.69) is 24.8 Å². The van der Waals surface area contributed by atoms with Gasteiger partial charge >= 0.3 is 0 Å². The summed E-state index contributed by atoms with van der Waals surface area (Å²) < 4.78 is 5.91. The van der Waals surface area contributed by atoms with Crippen molar-refractivity contribution in [3.8, 4) is 5.75 Å². The van der Waals surface area contributed by atoms with Crippen molar-refractivity contribution in [2.75, 3.05) is 26.2 Å². The van der Waals surface area contributed by atoms with Crippen LogP contribution in [0.5, 0.6) is 5.75 Å². The summed E-state index contributed by atoms with van der Waals surface area (Å²) in [6.45, 7) is 11.4. The maximum atomic E-state index is 13.3. The molecule has 0 spiro atoms. The molecule has 198 valence electrons. The zero-order chi connectivity index (χ0) is 27.2. The van der Waals surface area contributed by atoms with E-state index in [9.17, 15) is 14.7 Å². The summed E-state index contributed by atoms with van der Waals surface area (Å²) >= 11 is 0. The van der Waals surface area contributed by atoms with E-state index in [0.717, 1.165) is 29.8 Å². The summed E-state index contributed by atoms with van der Waals surface area (Å²) in [6, 6.07) is 22.2. The van der Waals surface area contributed by atoms with Crippen molar-refractivity contribution < 1.29 is 19.4 Å². The summed E-state index contributed by atoms with van der Waals surface area (Å²) in [5.41, 5.74) is 4.70. The van der Waals surface area contributed by atoms with Gasteiger partial charge in [-0.05, 0) is 62.3 Å². The second-order valence-electron chi connectivity index (χ2n) is 9.73. The van der Waals surface area contributed by atoms with Crippen LogP contribution in [0.15, 0.2) is 78.4 Å². The number of rotatable bonds is 10. The van der Waals surface area contributed by atoms with Gasteiger partial charge in [0.2, 0.25) is 0 Å². The highest BCUT2D eigenvalue weighted by atomic mass is 16.5. The van der Waals surface area contributed by atoms with Crippen LogP contribution in [-0.4, -0.2) is 52.8 Å². The molecule has 6 heteroatoms. The molecular weight excluding hydrogens is 476 g/mol. The Morgan fingerprint density at radius 3 is 2.24 bits per heavy atom. The monoisotopic (exact) mass is 512 g/mol. The number of amides is 1. The number of aliphatic hydroxyl groups excluding tert-OH is 1. The lowest BCUT2D eigenvalue weighted by molar-refractivity contribution is -0.140. The van der Waals surface area contributed by atoms with Gasteiger partial charge in [0.25, 0.3) is 11.7 Å². The number of aryl methyl sites for hydroxylation is 2. The topological polar surface area (TPSA) is 70.1 Å². The van der Waals surface area contributed by atoms with Crippen molar-refractivity contribution >= 4 is 17.4 Å². The maximum Gasteiger partial charge on any atom is 0.295 e. The van der Waals surface area contributed by atoms with Crippen LogP contribution in [0.4, 0.5) is 0 Å². The molecule has 1 amide bonds. The lowest BCUT2D eigenvalue weighted by Gasteiger charge is -2.28. The molecule has 1 saturated heterocycles. The van der Waals surface area contributed by atoms with E-state index >= 15 is 0 Å². The third-order valence-corrected chi connectivity index (χ3v) is 7.10. The molecule has 1 heterocycles. The van der Waals surface area contributed by atoms with Crippen LogP contribution in [0.3, 0.4) is 0 Å². The van der Waals surface area contributed by atoms with Gasteiger partial charge < -0.3 is 19.6 Å². The third-order valence-electron chi connectivity index (χ3n) is 7.10. The number of likely N-dealkylation sites (tertiary alicyclic amines) is 1. The Kier molecular flexibility index (Phi) is 8.64. The Hall–Kier alpha value is -3.90. The van der Waals surface area contributed by atoms with E-state index in [4.69, 9.17) is 4.74 Å². The number of hydrogen-bond donors (Lipinski definition) is 1. The van der Waals surface area contributed by atoms with E-state index in [1.807, 2.05) is 56.3 Å². The minimum atomic E-state index is -0.660. The number of ether oxygens (including phenoxy) is 1. The molecule has 0 radical (unpaired) electrons. The van der Waals surface area contributed by atoms with Crippen molar-refractivity contribution in [3.63, 3.8) is 0 Å². The summed E-state index contributed by atoms with van der Waals surface area (Å²) in [7, 11) is 0. The maximum absolute atomic E-state index is 13.3. The van der Waals surface area contributed by atoms with Crippen molar-refractivity contribution in [1.82, 2.24) is 9.80 Å². The largest absolute Gasteiger partial charge is 0.507 e. The predicted octanol–water partition coefficient (Wildman–Crippen LogP) is 5.65. The highest BCUT2D eigenvalue weighted by Gasteiger charge is 2.45. The molecule has 4 rings (SSSR count). The average molecular weight is 513 g/mol. The van der Waals surface area contributed by atoms with E-state index in [0.29, 0.717) is 31.0 Å². The lowest BCUT2D eigenvalue weighted by Crippen LogP contribution is -2.38. The number of Topliss-reactive ketones (excluding diaryl/α,β-unsaturated/α-hetero) is 1. The SMILES string of the molecule is CCN(CC)CCN1C(=O)C(=O)C(=C(O)c2ccc(OCc3cccc(C)c3)cc2)C1c1ccc(C)cc1. The number of carbonyl (C=O) groups is 2. The first-order valence-electron chi connectivity index (χ1n) is 13.2. The zero-order valence-electron chi connectivity index (χ0n) is 22.6. The van der Waals surface area contributed by atoms with Crippen molar-refractivity contribution in [3.05, 3.63) is 106 Å². The Labute approximate surface area is 225 Å². The first kappa shape index (κ1) is 27.1. The fraction of sp³-hybridized carbons (Fsp3) is 0.312. The van der Waals surface area contributed by atoms with Crippen molar-refractivity contribution in [2.24, 2.45) is 0 Å². The molecule has 1 fully saturated rings. The molecule has 1 aliphatic heterocycles. The van der Waals surface area contributed by atoms with Gasteiger partial charge in [-0.3, -0.25) is 9.59 Å². The van der Waals surface area contributed by atoms with Crippen LogP contribution in [0.1, 0.15) is 47.7 Å². The van der Waals surface area contributed by atoms with Gasteiger partial charge in [0.05, 0.1) is 11.6 Å². The van der Waals surface area contributed by atoms with Gasteiger partial charge in [0, 0.05) is 18.7 Å². The second-order valence-corrected chi connectivity index (χ2v) is 9.73. The van der Waals surface area contributed by atoms with Gasteiger partial charge in [-0.1, -0.05) is 73.5 Å². The molecule has 0 aromatic heterocycles. The smallest absolute Gasteiger partial charge is 0.295 e. The Morgan fingerprint density at radius 1 is 0.921 bits per heavy atom. The standard InChI is InChI=1S/C32H36N2O4/c1-5-33(6-2)18-19-34-29(25-12-10-22(3)11-13-25)28(31(36)32(34)37)30(35)26-14-16-27(17-15-26)38-21-24-9-7-8-23(4)20-24/h7-17,20,29,35H,5-6,18-19,21H2,1-4H3. The fourth-order valence-electron chi connectivity index (χ4n) is 4.83. The van der Waals surface area contributed by atoms with Crippen LogP contribution >= 0.6 is 0 Å². The highest BCUT2D eigenvalue weighted by molar-refractivity contribution is 6.46. The molecule has 1 atom stereocenters.